The van der Waals surface area contributed by atoms with E-state index >= 15 is 0 Å². The van der Waals surface area contributed by atoms with Crippen LogP contribution in [0.3, 0.4) is 0 Å². The van der Waals surface area contributed by atoms with Crippen molar-refractivity contribution in [3.8, 4) is 0 Å². The third kappa shape index (κ3) is 3.09. The molecular weight excluding hydrogens is 308 g/mol. The lowest BCUT2D eigenvalue weighted by Crippen LogP contribution is -2.45. The van der Waals surface area contributed by atoms with E-state index in [2.05, 4.69) is 18.0 Å². The van der Waals surface area contributed by atoms with E-state index in [0.29, 0.717) is 5.84 Å². The normalized spacial score (nSPS) is 33.3. The summed E-state index contributed by atoms with van der Waals surface area (Å²) in [5.41, 5.74) is 14.4. The van der Waals surface area contributed by atoms with Crippen molar-refractivity contribution in [3.63, 3.8) is 0 Å². The summed E-state index contributed by atoms with van der Waals surface area (Å²) in [4.78, 5) is 4.12. The molecule has 0 aliphatic heterocycles. The summed E-state index contributed by atoms with van der Waals surface area (Å²) in [7, 11) is 1.69. The number of alkyl halides is 2. The van der Waals surface area contributed by atoms with Gasteiger partial charge in [-0.15, -0.1) is 0 Å². The van der Waals surface area contributed by atoms with Crippen LogP contribution in [0.2, 0.25) is 0 Å². The highest BCUT2D eigenvalue weighted by molar-refractivity contribution is 5.84. The van der Waals surface area contributed by atoms with Gasteiger partial charge < -0.3 is 11.5 Å². The topological polar surface area (TPSA) is 64.4 Å². The number of hydrogen-bond acceptors (Lipinski definition) is 2. The number of allylic oxidation sites excluding steroid dienone is 1. The molecule has 24 heavy (non-hydrogen) atoms. The molecule has 4 atom stereocenters. The highest BCUT2D eigenvalue weighted by Crippen LogP contribution is 2.48. The van der Waals surface area contributed by atoms with Gasteiger partial charge >= 0.3 is 0 Å². The lowest BCUT2D eigenvalue weighted by atomic mass is 9.71. The molecule has 0 bridgehead atoms. The smallest absolute Gasteiger partial charge is 0.249 e. The zero-order valence-corrected chi connectivity index (χ0v) is 14.1. The Bertz CT molecular complexity index is 643. The minimum Gasteiger partial charge on any atom is -0.387 e. The van der Waals surface area contributed by atoms with Crippen molar-refractivity contribution in [2.75, 3.05) is 7.05 Å². The summed E-state index contributed by atoms with van der Waals surface area (Å²) in [6, 6.07) is 7.93. The molecule has 3 rings (SSSR count). The third-order valence-electron chi connectivity index (χ3n) is 5.57. The lowest BCUT2D eigenvalue weighted by molar-refractivity contribution is -0.0867. The van der Waals surface area contributed by atoms with E-state index in [9.17, 15) is 8.78 Å². The van der Waals surface area contributed by atoms with Crippen LogP contribution in [0.1, 0.15) is 42.7 Å². The van der Waals surface area contributed by atoms with Crippen LogP contribution < -0.4 is 11.5 Å². The molecule has 0 spiro atoms. The number of halogens is 2. The molecule has 0 aromatic heterocycles. The number of nitrogens with zero attached hydrogens (tertiary/aromatic N) is 1. The minimum absolute atomic E-state index is 0.00926. The van der Waals surface area contributed by atoms with Gasteiger partial charge in [0.15, 0.2) is 0 Å². The van der Waals surface area contributed by atoms with Crippen molar-refractivity contribution in [2.45, 2.75) is 43.6 Å². The third-order valence-corrected chi connectivity index (χ3v) is 5.57. The number of amidine groups is 1. The van der Waals surface area contributed by atoms with E-state index in [1.165, 1.54) is 0 Å². The van der Waals surface area contributed by atoms with Crippen molar-refractivity contribution >= 4 is 5.84 Å². The van der Waals surface area contributed by atoms with Crippen molar-refractivity contribution < 1.29 is 8.78 Å². The molecule has 4 unspecified atom stereocenters. The van der Waals surface area contributed by atoms with Crippen molar-refractivity contribution in [2.24, 2.45) is 28.3 Å². The Morgan fingerprint density at radius 1 is 1.12 bits per heavy atom. The van der Waals surface area contributed by atoms with E-state index < -0.39 is 5.92 Å². The largest absolute Gasteiger partial charge is 0.387 e. The van der Waals surface area contributed by atoms with Gasteiger partial charge in [0.05, 0.1) is 5.84 Å². The molecule has 4 N–H and O–H groups in total. The van der Waals surface area contributed by atoms with Crippen LogP contribution in [0.5, 0.6) is 0 Å². The first-order valence-electron chi connectivity index (χ1n) is 8.46. The monoisotopic (exact) mass is 333 g/mol. The SMILES string of the molecule is C/N=C(/N)C1C(N)C=CC(c2ccc(C3CC(F)(F)C3)cc2)C1C. The van der Waals surface area contributed by atoms with E-state index in [-0.39, 0.29) is 42.6 Å². The summed E-state index contributed by atoms with van der Waals surface area (Å²) in [6.45, 7) is 2.14. The molecule has 5 heteroatoms. The molecule has 1 aromatic rings. The van der Waals surface area contributed by atoms with E-state index in [1.807, 2.05) is 30.3 Å². The van der Waals surface area contributed by atoms with Gasteiger partial charge in [-0.25, -0.2) is 8.78 Å². The molecule has 1 saturated carbocycles. The second-order valence-electron chi connectivity index (χ2n) is 7.15. The van der Waals surface area contributed by atoms with Gasteiger partial charge in [0.25, 0.3) is 0 Å². The second-order valence-corrected chi connectivity index (χ2v) is 7.15. The molecule has 3 nitrogen and oxygen atoms in total. The van der Waals surface area contributed by atoms with E-state index in [1.54, 1.807) is 7.05 Å². The number of hydrogen-bond donors (Lipinski definition) is 2. The predicted octanol–water partition coefficient (Wildman–Crippen LogP) is 3.42. The molecule has 0 radical (unpaired) electrons. The summed E-state index contributed by atoms with van der Waals surface area (Å²) in [5.74, 6) is -1.48. The maximum Gasteiger partial charge on any atom is 0.249 e. The lowest BCUT2D eigenvalue weighted by Gasteiger charge is -2.37. The van der Waals surface area contributed by atoms with Crippen LogP contribution in [0.25, 0.3) is 0 Å². The number of nitrogens with two attached hydrogens (primary N) is 2. The summed E-state index contributed by atoms with van der Waals surface area (Å²) in [5, 5.41) is 0. The average molecular weight is 333 g/mol. The standard InChI is InChI=1S/C19H25F2N3/c1-11-15(7-8-16(22)17(11)18(23)24-2)13-5-3-12(4-6-13)14-9-19(20,21)10-14/h3-8,11,14-17H,9-10,22H2,1-2H3,(H2,23,24). The molecule has 0 heterocycles. The molecule has 0 saturated heterocycles. The van der Waals surface area contributed by atoms with Crippen molar-refractivity contribution in [3.05, 3.63) is 47.5 Å². The Morgan fingerprint density at radius 3 is 2.25 bits per heavy atom. The molecule has 130 valence electrons. The molecule has 1 fully saturated rings. The Labute approximate surface area is 141 Å². The first kappa shape index (κ1) is 17.1. The quantitative estimate of drug-likeness (QED) is 0.506. The Balaban J connectivity index is 1.78. The Hall–Kier alpha value is -1.75. The fourth-order valence-corrected chi connectivity index (χ4v) is 4.03. The van der Waals surface area contributed by atoms with Crippen LogP contribution in [-0.4, -0.2) is 24.8 Å². The first-order valence-corrected chi connectivity index (χ1v) is 8.46. The zero-order chi connectivity index (χ0) is 17.5. The van der Waals surface area contributed by atoms with E-state index in [0.717, 1.165) is 11.1 Å². The second kappa shape index (κ2) is 6.28. The van der Waals surface area contributed by atoms with Crippen LogP contribution >= 0.6 is 0 Å². The fourth-order valence-electron chi connectivity index (χ4n) is 4.03. The van der Waals surface area contributed by atoms with Crippen LogP contribution in [0, 0.1) is 11.8 Å². The highest BCUT2D eigenvalue weighted by atomic mass is 19.3. The number of benzene rings is 1. The fraction of sp³-hybridized carbons (Fsp3) is 0.526. The van der Waals surface area contributed by atoms with Gasteiger partial charge in [-0.05, 0) is 23.0 Å². The molecule has 2 aliphatic rings. The predicted molar refractivity (Wildman–Crippen MR) is 93.4 cm³/mol. The van der Waals surface area contributed by atoms with E-state index in [4.69, 9.17) is 11.5 Å². The van der Waals surface area contributed by atoms with Crippen LogP contribution in [0.15, 0.2) is 41.4 Å². The summed E-state index contributed by atoms with van der Waals surface area (Å²) in [6.07, 6.45) is 4.05. The number of aliphatic imine (C=N–C) groups is 1. The zero-order valence-electron chi connectivity index (χ0n) is 14.1. The average Bonchev–Trinajstić information content (AvgIpc) is 2.53. The first-order chi connectivity index (χ1) is 11.3. The molecule has 1 aromatic carbocycles. The van der Waals surface area contributed by atoms with Gasteiger partial charge in [0.2, 0.25) is 5.92 Å². The van der Waals surface area contributed by atoms with Gasteiger partial charge in [0.1, 0.15) is 0 Å². The number of rotatable bonds is 3. The molecule has 2 aliphatic carbocycles. The van der Waals surface area contributed by atoms with Gasteiger partial charge in [0, 0.05) is 37.8 Å². The van der Waals surface area contributed by atoms with Gasteiger partial charge in [-0.1, -0.05) is 43.3 Å². The highest BCUT2D eigenvalue weighted by Gasteiger charge is 2.45. The minimum atomic E-state index is -2.48. The molecular formula is C19H25F2N3. The maximum atomic E-state index is 13.0. The van der Waals surface area contributed by atoms with Crippen molar-refractivity contribution in [1.29, 1.82) is 0 Å². The Morgan fingerprint density at radius 2 is 1.71 bits per heavy atom. The van der Waals surface area contributed by atoms with Crippen molar-refractivity contribution in [1.82, 2.24) is 0 Å². The summed E-state index contributed by atoms with van der Waals surface area (Å²) < 4.78 is 26.1. The summed E-state index contributed by atoms with van der Waals surface area (Å²) >= 11 is 0. The molecule has 0 amide bonds. The Kier molecular flexibility index (Phi) is 4.47. The maximum absolute atomic E-state index is 13.0. The van der Waals surface area contributed by atoms with Gasteiger partial charge in [-0.3, -0.25) is 4.99 Å². The van der Waals surface area contributed by atoms with Crippen LogP contribution in [0.4, 0.5) is 8.78 Å². The van der Waals surface area contributed by atoms with Gasteiger partial charge in [-0.2, -0.15) is 0 Å². The van der Waals surface area contributed by atoms with Crippen LogP contribution in [-0.2, 0) is 0 Å².